The van der Waals surface area contributed by atoms with Crippen LogP contribution >= 0.6 is 46.1 Å². The minimum Gasteiger partial charge on any atom is -0.479 e. The number of rotatable bonds is 8. The zero-order valence-electron chi connectivity index (χ0n) is 21.8. The van der Waals surface area contributed by atoms with Gasteiger partial charge in [-0.15, -0.1) is 0 Å². The third kappa shape index (κ3) is 6.00. The van der Waals surface area contributed by atoms with E-state index in [-0.39, 0.29) is 28.0 Å². The number of aromatic nitrogens is 1. The third-order valence-electron chi connectivity index (χ3n) is 6.22. The fourth-order valence-corrected chi connectivity index (χ4v) is 6.23. The van der Waals surface area contributed by atoms with Gasteiger partial charge in [0.2, 0.25) is 0 Å². The third-order valence-corrected chi connectivity index (χ3v) is 8.01. The minimum absolute atomic E-state index is 0.0219. The van der Waals surface area contributed by atoms with Crippen LogP contribution in [-0.2, 0) is 14.3 Å². The molecule has 0 unspecified atom stereocenters. The molecule has 0 amide bonds. The van der Waals surface area contributed by atoms with Crippen molar-refractivity contribution in [1.29, 1.82) is 0 Å². The van der Waals surface area contributed by atoms with Gasteiger partial charge in [0.25, 0.3) is 5.56 Å². The van der Waals surface area contributed by atoms with Gasteiger partial charge in [0.15, 0.2) is 17.2 Å². The van der Waals surface area contributed by atoms with Crippen molar-refractivity contribution < 1.29 is 24.2 Å². The van der Waals surface area contributed by atoms with Gasteiger partial charge in [-0.3, -0.25) is 9.36 Å². The molecule has 0 fully saturated rings. The zero-order valence-corrected chi connectivity index (χ0v) is 24.9. The highest BCUT2D eigenvalue weighted by molar-refractivity contribution is 7.07. The number of fused-ring (bicyclic) bond motifs is 1. The summed E-state index contributed by atoms with van der Waals surface area (Å²) in [7, 11) is 0. The highest BCUT2D eigenvalue weighted by Crippen LogP contribution is 2.36. The van der Waals surface area contributed by atoms with Gasteiger partial charge in [-0.25, -0.2) is 14.6 Å². The summed E-state index contributed by atoms with van der Waals surface area (Å²) >= 11 is 19.9. The van der Waals surface area contributed by atoms with Crippen LogP contribution in [0.2, 0.25) is 15.1 Å². The lowest BCUT2D eigenvalue weighted by atomic mass is 9.93. The molecule has 1 aliphatic heterocycles. The summed E-state index contributed by atoms with van der Waals surface area (Å²) in [4.78, 5) is 43.5. The molecule has 0 saturated carbocycles. The number of hydrogen-bond donors (Lipinski definition) is 1. The van der Waals surface area contributed by atoms with Crippen LogP contribution in [0.15, 0.2) is 82.1 Å². The second-order valence-electron chi connectivity index (χ2n) is 8.98. The molecule has 3 aromatic carbocycles. The van der Waals surface area contributed by atoms with Gasteiger partial charge in [-0.2, -0.15) is 0 Å². The van der Waals surface area contributed by atoms with Gasteiger partial charge in [-0.05, 0) is 48.4 Å². The molecular formula is C30H21Cl3N2O6S. The quantitative estimate of drug-likeness (QED) is 0.259. The molecule has 1 N–H and O–H groups in total. The van der Waals surface area contributed by atoms with Crippen LogP contribution in [0.25, 0.3) is 11.8 Å². The Bertz CT molecular complexity index is 1880. The Balaban J connectivity index is 1.74. The second-order valence-corrected chi connectivity index (χ2v) is 11.2. The molecule has 214 valence electrons. The fourth-order valence-electron chi connectivity index (χ4n) is 4.49. The summed E-state index contributed by atoms with van der Waals surface area (Å²) in [5.74, 6) is -1.75. The van der Waals surface area contributed by atoms with E-state index in [1.54, 1.807) is 37.3 Å². The van der Waals surface area contributed by atoms with Crippen LogP contribution in [0, 0.1) is 0 Å². The average Bonchev–Trinajstić information content (AvgIpc) is 3.26. The molecule has 1 aromatic heterocycles. The topological polar surface area (TPSA) is 107 Å². The van der Waals surface area contributed by atoms with Crippen LogP contribution in [0.3, 0.4) is 0 Å². The molecule has 8 nitrogen and oxygen atoms in total. The van der Waals surface area contributed by atoms with Gasteiger partial charge in [-0.1, -0.05) is 88.6 Å². The molecule has 12 heteroatoms. The van der Waals surface area contributed by atoms with Crippen molar-refractivity contribution in [2.45, 2.75) is 13.0 Å². The molecule has 0 spiro atoms. The lowest BCUT2D eigenvalue weighted by Crippen LogP contribution is -2.40. The van der Waals surface area contributed by atoms with Crippen molar-refractivity contribution in [1.82, 2.24) is 4.57 Å². The van der Waals surface area contributed by atoms with E-state index in [4.69, 9.17) is 54.4 Å². The number of aliphatic carboxylic acids is 1. The first kappa shape index (κ1) is 29.6. The first-order valence-electron chi connectivity index (χ1n) is 12.6. The Morgan fingerprint density at radius 1 is 1.05 bits per heavy atom. The van der Waals surface area contributed by atoms with Gasteiger partial charge in [0.05, 0.1) is 38.5 Å². The molecule has 42 heavy (non-hydrogen) atoms. The Morgan fingerprint density at radius 2 is 1.71 bits per heavy atom. The number of carbonyl (C=O) groups is 2. The van der Waals surface area contributed by atoms with Crippen LogP contribution < -0.4 is 19.6 Å². The van der Waals surface area contributed by atoms with E-state index in [2.05, 4.69) is 0 Å². The standard InChI is InChI=1S/C30H21Cl3N2O6S/c1-2-40-29(39)24-25(17-6-4-3-5-7-17)34-30-35(26(24)18-8-10-19(31)11-9-18)28(38)22(42-30)14-16-12-20(32)27(21(33)13-16)41-15-23(36)37/h3-14,26H,2,15H2,1H3,(H,36,37)/b22-14-/t26-/m0/s1. The van der Waals surface area contributed by atoms with Crippen molar-refractivity contribution in [3.8, 4) is 5.75 Å². The number of halogens is 3. The molecule has 0 bridgehead atoms. The molecule has 0 radical (unpaired) electrons. The normalized spacial score (nSPS) is 14.8. The van der Waals surface area contributed by atoms with Crippen molar-refractivity contribution >= 4 is 69.9 Å². The Hall–Kier alpha value is -3.89. The fraction of sp³-hybridized carbons (Fsp3) is 0.133. The van der Waals surface area contributed by atoms with Crippen LogP contribution in [0.1, 0.15) is 29.7 Å². The van der Waals surface area contributed by atoms with E-state index in [9.17, 15) is 14.4 Å². The first-order chi connectivity index (χ1) is 20.2. The number of carboxylic acid groups (broad SMARTS) is 1. The smallest absolute Gasteiger partial charge is 0.341 e. The number of carboxylic acids is 1. The summed E-state index contributed by atoms with van der Waals surface area (Å²) in [5.41, 5.74) is 2.03. The maximum atomic E-state index is 14.0. The molecule has 4 aromatic rings. The van der Waals surface area contributed by atoms with Crippen molar-refractivity contribution in [3.63, 3.8) is 0 Å². The maximum absolute atomic E-state index is 14.0. The van der Waals surface area contributed by atoms with E-state index in [0.29, 0.717) is 36.7 Å². The van der Waals surface area contributed by atoms with Crippen molar-refractivity contribution in [3.05, 3.63) is 124 Å². The molecule has 2 heterocycles. The number of carbonyl (C=O) groups excluding carboxylic acids is 1. The van der Waals surface area contributed by atoms with E-state index >= 15 is 0 Å². The summed E-state index contributed by atoms with van der Waals surface area (Å²) < 4.78 is 12.4. The minimum atomic E-state index is -1.18. The van der Waals surface area contributed by atoms with Crippen molar-refractivity contribution in [2.24, 2.45) is 4.99 Å². The molecule has 1 aliphatic rings. The predicted octanol–water partition coefficient (Wildman–Crippen LogP) is 5.36. The van der Waals surface area contributed by atoms with Crippen LogP contribution in [0.5, 0.6) is 5.75 Å². The maximum Gasteiger partial charge on any atom is 0.341 e. The molecule has 0 saturated heterocycles. The summed E-state index contributed by atoms with van der Waals surface area (Å²) in [6, 6.07) is 18.3. The second kappa shape index (κ2) is 12.5. The van der Waals surface area contributed by atoms with Gasteiger partial charge < -0.3 is 14.6 Å². The van der Waals surface area contributed by atoms with E-state index < -0.39 is 30.1 Å². The largest absolute Gasteiger partial charge is 0.479 e. The highest BCUT2D eigenvalue weighted by Gasteiger charge is 2.35. The highest BCUT2D eigenvalue weighted by atomic mass is 35.5. The van der Waals surface area contributed by atoms with E-state index in [1.807, 2.05) is 30.3 Å². The molecule has 5 rings (SSSR count). The monoisotopic (exact) mass is 642 g/mol. The van der Waals surface area contributed by atoms with Crippen molar-refractivity contribution in [2.75, 3.05) is 13.2 Å². The number of nitrogens with zero attached hydrogens (tertiary/aromatic N) is 2. The number of hydrogen-bond acceptors (Lipinski definition) is 7. The summed E-state index contributed by atoms with van der Waals surface area (Å²) in [6.07, 6.45) is 1.59. The Labute approximate surface area is 258 Å². The summed E-state index contributed by atoms with van der Waals surface area (Å²) in [6.45, 7) is 1.23. The molecule has 1 atom stereocenters. The Morgan fingerprint density at radius 3 is 2.33 bits per heavy atom. The molecule has 0 aliphatic carbocycles. The number of thiazole rings is 1. The van der Waals surface area contributed by atoms with E-state index in [1.165, 1.54) is 16.7 Å². The summed E-state index contributed by atoms with van der Waals surface area (Å²) in [5, 5.41) is 9.57. The van der Waals surface area contributed by atoms with Gasteiger partial charge >= 0.3 is 11.9 Å². The van der Waals surface area contributed by atoms with Crippen LogP contribution in [-0.4, -0.2) is 34.8 Å². The Kier molecular flexibility index (Phi) is 8.84. The lowest BCUT2D eigenvalue weighted by molar-refractivity contribution is -0.140. The lowest BCUT2D eigenvalue weighted by Gasteiger charge is -2.25. The van der Waals surface area contributed by atoms with Gasteiger partial charge in [0.1, 0.15) is 0 Å². The zero-order chi connectivity index (χ0) is 30.0. The SMILES string of the molecule is CCOC(=O)C1=C(c2ccccc2)N=c2s/c(=C\c3cc(Cl)c(OCC(=O)O)c(Cl)c3)c(=O)n2[C@H]1c1ccc(Cl)cc1. The average molecular weight is 644 g/mol. The number of benzene rings is 3. The first-order valence-corrected chi connectivity index (χ1v) is 14.5. The molecular weight excluding hydrogens is 623 g/mol. The number of esters is 1. The van der Waals surface area contributed by atoms with Gasteiger partial charge in [0, 0.05) is 10.6 Å². The predicted molar refractivity (Wildman–Crippen MR) is 162 cm³/mol. The van der Waals surface area contributed by atoms with Crippen LogP contribution in [0.4, 0.5) is 0 Å². The van der Waals surface area contributed by atoms with E-state index in [0.717, 1.165) is 11.3 Å². The number of ether oxygens (including phenoxy) is 2.